The Bertz CT molecular complexity index is 1060. The molecular formula is C21H21N3O5. The van der Waals surface area contributed by atoms with Crippen molar-refractivity contribution in [2.75, 3.05) is 32.8 Å². The molecule has 0 bridgehead atoms. The van der Waals surface area contributed by atoms with Gasteiger partial charge in [0.15, 0.2) is 5.58 Å². The molecule has 4 rings (SSSR count). The van der Waals surface area contributed by atoms with Gasteiger partial charge in [0.1, 0.15) is 5.75 Å². The molecule has 8 nitrogen and oxygen atoms in total. The van der Waals surface area contributed by atoms with Crippen molar-refractivity contribution in [3.63, 3.8) is 0 Å². The third kappa shape index (κ3) is 4.31. The number of amides is 2. The quantitative estimate of drug-likeness (QED) is 0.712. The SMILES string of the molecule is O=C(CCOc1ccccc1)N1CCN(C(=O)c2ccc3[nH]c(=O)oc3c2)CC1. The van der Waals surface area contributed by atoms with Crippen LogP contribution in [0.15, 0.2) is 57.7 Å². The number of aromatic nitrogens is 1. The number of fused-ring (bicyclic) bond motifs is 1. The lowest BCUT2D eigenvalue weighted by molar-refractivity contribution is -0.133. The molecule has 2 amide bonds. The molecule has 0 unspecified atom stereocenters. The molecule has 2 aromatic carbocycles. The van der Waals surface area contributed by atoms with Crippen LogP contribution in [0.2, 0.25) is 0 Å². The number of para-hydroxylation sites is 1. The van der Waals surface area contributed by atoms with Crippen LogP contribution in [0, 0.1) is 0 Å². The van der Waals surface area contributed by atoms with E-state index in [1.54, 1.807) is 28.0 Å². The van der Waals surface area contributed by atoms with E-state index in [1.807, 2.05) is 30.3 Å². The summed E-state index contributed by atoms with van der Waals surface area (Å²) in [6.45, 7) is 2.21. The van der Waals surface area contributed by atoms with Gasteiger partial charge in [-0.25, -0.2) is 4.79 Å². The Morgan fingerprint density at radius 1 is 1.00 bits per heavy atom. The minimum absolute atomic E-state index is 0.0172. The van der Waals surface area contributed by atoms with Gasteiger partial charge >= 0.3 is 5.76 Å². The first-order valence-electron chi connectivity index (χ1n) is 9.48. The molecule has 1 aliphatic heterocycles. The molecule has 150 valence electrons. The predicted octanol–water partition coefficient (Wildman–Crippen LogP) is 1.87. The summed E-state index contributed by atoms with van der Waals surface area (Å²) in [6, 6.07) is 14.3. The van der Waals surface area contributed by atoms with Crippen LogP contribution in [-0.4, -0.2) is 59.4 Å². The second kappa shape index (κ2) is 8.22. The molecule has 0 spiro atoms. The smallest absolute Gasteiger partial charge is 0.417 e. The number of ether oxygens (including phenoxy) is 1. The Balaban J connectivity index is 1.28. The molecule has 3 aromatic rings. The molecule has 0 aliphatic carbocycles. The number of benzene rings is 2. The molecule has 29 heavy (non-hydrogen) atoms. The number of nitrogens with one attached hydrogen (secondary N) is 1. The van der Waals surface area contributed by atoms with E-state index in [2.05, 4.69) is 4.98 Å². The van der Waals surface area contributed by atoms with Crippen LogP contribution in [0.25, 0.3) is 11.1 Å². The second-order valence-electron chi connectivity index (χ2n) is 6.81. The van der Waals surface area contributed by atoms with Crippen LogP contribution in [0.4, 0.5) is 0 Å². The van der Waals surface area contributed by atoms with Crippen LogP contribution >= 0.6 is 0 Å². The molecule has 0 radical (unpaired) electrons. The third-order valence-electron chi connectivity index (χ3n) is 4.92. The summed E-state index contributed by atoms with van der Waals surface area (Å²) in [7, 11) is 0. The maximum atomic E-state index is 12.7. The van der Waals surface area contributed by atoms with Gasteiger partial charge in [0.05, 0.1) is 18.5 Å². The molecule has 1 saturated heterocycles. The van der Waals surface area contributed by atoms with Gasteiger partial charge in [0, 0.05) is 31.7 Å². The Morgan fingerprint density at radius 3 is 2.48 bits per heavy atom. The van der Waals surface area contributed by atoms with E-state index in [-0.39, 0.29) is 11.8 Å². The topological polar surface area (TPSA) is 95.9 Å². The number of oxazole rings is 1. The van der Waals surface area contributed by atoms with Crippen molar-refractivity contribution < 1.29 is 18.7 Å². The van der Waals surface area contributed by atoms with E-state index >= 15 is 0 Å². The van der Waals surface area contributed by atoms with Gasteiger partial charge in [-0.3, -0.25) is 14.6 Å². The summed E-state index contributed by atoms with van der Waals surface area (Å²) >= 11 is 0. The lowest BCUT2D eigenvalue weighted by Gasteiger charge is -2.34. The number of nitrogens with zero attached hydrogens (tertiary/aromatic N) is 2. The van der Waals surface area contributed by atoms with Gasteiger partial charge in [0.2, 0.25) is 5.91 Å². The predicted molar refractivity (Wildman–Crippen MR) is 106 cm³/mol. The lowest BCUT2D eigenvalue weighted by atomic mass is 10.1. The molecule has 0 saturated carbocycles. The zero-order valence-electron chi connectivity index (χ0n) is 15.8. The summed E-state index contributed by atoms with van der Waals surface area (Å²) in [5.41, 5.74) is 1.36. The molecule has 1 fully saturated rings. The minimum atomic E-state index is -0.548. The van der Waals surface area contributed by atoms with Crippen molar-refractivity contribution in [1.29, 1.82) is 0 Å². The molecule has 0 atom stereocenters. The molecule has 1 aromatic heterocycles. The summed E-state index contributed by atoms with van der Waals surface area (Å²) < 4.78 is 10.6. The van der Waals surface area contributed by atoms with Crippen LogP contribution in [0.5, 0.6) is 5.75 Å². The summed E-state index contributed by atoms with van der Waals surface area (Å²) in [5, 5.41) is 0. The average Bonchev–Trinajstić information content (AvgIpc) is 3.13. The number of aromatic amines is 1. The minimum Gasteiger partial charge on any atom is -0.493 e. The average molecular weight is 395 g/mol. The van der Waals surface area contributed by atoms with Crippen LogP contribution in [0.3, 0.4) is 0 Å². The summed E-state index contributed by atoms with van der Waals surface area (Å²) in [4.78, 5) is 42.4. The molecular weight excluding hydrogens is 374 g/mol. The van der Waals surface area contributed by atoms with Gasteiger partial charge in [-0.05, 0) is 30.3 Å². The largest absolute Gasteiger partial charge is 0.493 e. The fraction of sp³-hybridized carbons (Fsp3) is 0.286. The number of carbonyl (C=O) groups excluding carboxylic acids is 2. The van der Waals surface area contributed by atoms with E-state index < -0.39 is 5.76 Å². The van der Waals surface area contributed by atoms with E-state index in [9.17, 15) is 14.4 Å². The number of rotatable bonds is 5. The van der Waals surface area contributed by atoms with Gasteiger partial charge < -0.3 is 19.0 Å². The number of hydrogen-bond donors (Lipinski definition) is 1. The highest BCUT2D eigenvalue weighted by Gasteiger charge is 2.25. The molecule has 8 heteroatoms. The normalized spacial score (nSPS) is 14.2. The summed E-state index contributed by atoms with van der Waals surface area (Å²) in [5.74, 6) is 0.0673. The number of hydrogen-bond acceptors (Lipinski definition) is 5. The first-order chi connectivity index (χ1) is 14.1. The fourth-order valence-corrected chi connectivity index (χ4v) is 3.35. The summed E-state index contributed by atoms with van der Waals surface area (Å²) in [6.07, 6.45) is 0.298. The van der Waals surface area contributed by atoms with E-state index in [0.717, 1.165) is 5.75 Å². The van der Waals surface area contributed by atoms with Gasteiger partial charge in [-0.1, -0.05) is 18.2 Å². The number of carbonyl (C=O) groups is 2. The third-order valence-corrected chi connectivity index (χ3v) is 4.92. The fourth-order valence-electron chi connectivity index (χ4n) is 3.35. The van der Waals surface area contributed by atoms with Crippen molar-refractivity contribution >= 4 is 22.9 Å². The first kappa shape index (κ1) is 18.8. The van der Waals surface area contributed by atoms with Crippen molar-refractivity contribution in [3.05, 3.63) is 64.6 Å². The number of H-pyrrole nitrogens is 1. The number of piperazine rings is 1. The second-order valence-corrected chi connectivity index (χ2v) is 6.81. The van der Waals surface area contributed by atoms with Gasteiger partial charge in [-0.2, -0.15) is 0 Å². The van der Waals surface area contributed by atoms with Crippen molar-refractivity contribution in [2.24, 2.45) is 0 Å². The maximum Gasteiger partial charge on any atom is 0.417 e. The van der Waals surface area contributed by atoms with Crippen LogP contribution < -0.4 is 10.5 Å². The van der Waals surface area contributed by atoms with Gasteiger partial charge in [0.25, 0.3) is 5.91 Å². The molecule has 2 heterocycles. The maximum absolute atomic E-state index is 12.7. The van der Waals surface area contributed by atoms with E-state index in [1.165, 1.54) is 0 Å². The monoisotopic (exact) mass is 395 g/mol. The zero-order chi connectivity index (χ0) is 20.2. The zero-order valence-corrected chi connectivity index (χ0v) is 15.8. The Morgan fingerprint density at radius 2 is 1.72 bits per heavy atom. The molecule has 1 N–H and O–H groups in total. The Kier molecular flexibility index (Phi) is 5.33. The lowest BCUT2D eigenvalue weighted by Crippen LogP contribution is -2.50. The first-order valence-corrected chi connectivity index (χ1v) is 9.48. The Hall–Kier alpha value is -3.55. The standard InChI is InChI=1S/C21H21N3O5/c25-19(8-13-28-16-4-2-1-3-5-16)23-9-11-24(12-10-23)20(26)15-6-7-17-18(14-15)29-21(27)22-17/h1-7,14H,8-13H2,(H,22,27). The van der Waals surface area contributed by atoms with Crippen molar-refractivity contribution in [1.82, 2.24) is 14.8 Å². The van der Waals surface area contributed by atoms with E-state index in [4.69, 9.17) is 9.15 Å². The van der Waals surface area contributed by atoms with Crippen LogP contribution in [0.1, 0.15) is 16.8 Å². The molecule has 1 aliphatic rings. The van der Waals surface area contributed by atoms with Crippen molar-refractivity contribution in [2.45, 2.75) is 6.42 Å². The highest BCUT2D eigenvalue weighted by molar-refractivity contribution is 5.97. The van der Waals surface area contributed by atoms with E-state index in [0.29, 0.717) is 55.9 Å². The highest BCUT2D eigenvalue weighted by atomic mass is 16.5. The van der Waals surface area contributed by atoms with Gasteiger partial charge in [-0.15, -0.1) is 0 Å². The van der Waals surface area contributed by atoms with Crippen molar-refractivity contribution in [3.8, 4) is 5.75 Å². The Labute approximate surface area is 166 Å². The highest BCUT2D eigenvalue weighted by Crippen LogP contribution is 2.16. The van der Waals surface area contributed by atoms with Crippen LogP contribution in [-0.2, 0) is 4.79 Å².